The van der Waals surface area contributed by atoms with E-state index in [1.807, 2.05) is 6.92 Å². The maximum Gasteiger partial charge on any atom is 0.440 e. The zero-order valence-electron chi connectivity index (χ0n) is 11.3. The lowest BCUT2D eigenvalue weighted by Crippen LogP contribution is -2.39. The third kappa shape index (κ3) is 3.63. The molecule has 8 heteroatoms. The van der Waals surface area contributed by atoms with E-state index in [2.05, 4.69) is 5.48 Å². The first-order valence-corrected chi connectivity index (χ1v) is 6.72. The lowest BCUT2D eigenvalue weighted by Gasteiger charge is -2.28. The van der Waals surface area contributed by atoms with Crippen molar-refractivity contribution in [2.45, 2.75) is 20.8 Å². The quantitative estimate of drug-likeness (QED) is 0.777. The summed E-state index contributed by atoms with van der Waals surface area (Å²) >= 11 is 1.26. The molecule has 7 nitrogen and oxygen atoms in total. The van der Waals surface area contributed by atoms with Crippen LogP contribution in [0.3, 0.4) is 0 Å². The highest BCUT2D eigenvalue weighted by Gasteiger charge is 2.24. The van der Waals surface area contributed by atoms with Gasteiger partial charge in [0, 0.05) is 20.5 Å². The topological polar surface area (TPSA) is 79.0 Å². The van der Waals surface area contributed by atoms with Gasteiger partial charge in [-0.05, 0) is 13.8 Å². The van der Waals surface area contributed by atoms with Crippen LogP contribution in [0.4, 0.5) is 4.79 Å². The Kier molecular flexibility index (Phi) is 5.22. The summed E-state index contributed by atoms with van der Waals surface area (Å²) in [6.07, 6.45) is -0.798. The van der Waals surface area contributed by atoms with Crippen LogP contribution in [0.25, 0.3) is 0 Å². The number of allylic oxidation sites excluding steroid dienone is 1. The van der Waals surface area contributed by atoms with E-state index in [4.69, 9.17) is 4.84 Å². The number of nitrogens with zero attached hydrogens (tertiary/aromatic N) is 2. The molecule has 0 aromatic rings. The summed E-state index contributed by atoms with van der Waals surface area (Å²) in [5, 5.41) is 0.590. The Morgan fingerprint density at radius 1 is 1.53 bits per heavy atom. The molecule has 0 unspecified atom stereocenters. The third-order valence-corrected chi connectivity index (χ3v) is 3.73. The largest absolute Gasteiger partial charge is 0.440 e. The highest BCUT2D eigenvalue weighted by molar-refractivity contribution is 8.03. The van der Waals surface area contributed by atoms with Gasteiger partial charge in [-0.3, -0.25) is 9.59 Å². The van der Waals surface area contributed by atoms with Gasteiger partial charge < -0.3 is 9.74 Å². The van der Waals surface area contributed by atoms with Crippen LogP contribution < -0.4 is 5.48 Å². The molecule has 0 aromatic carbocycles. The molecule has 1 heterocycles. The van der Waals surface area contributed by atoms with Crippen molar-refractivity contribution in [3.63, 3.8) is 0 Å². The molecule has 0 aromatic heterocycles. The van der Waals surface area contributed by atoms with E-state index in [1.54, 1.807) is 11.8 Å². The van der Waals surface area contributed by atoms with Gasteiger partial charge in [-0.15, -0.1) is 0 Å². The van der Waals surface area contributed by atoms with Gasteiger partial charge in [0.1, 0.15) is 5.03 Å². The van der Waals surface area contributed by atoms with Crippen molar-refractivity contribution in [2.24, 2.45) is 0 Å². The first kappa shape index (κ1) is 15.4. The first-order valence-electron chi connectivity index (χ1n) is 5.73. The minimum Gasteiger partial charge on any atom is -0.323 e. The van der Waals surface area contributed by atoms with Gasteiger partial charge in [0.15, 0.2) is 0 Å². The molecule has 0 saturated carbocycles. The fourth-order valence-electron chi connectivity index (χ4n) is 1.43. The summed E-state index contributed by atoms with van der Waals surface area (Å²) in [4.78, 5) is 41.3. The summed E-state index contributed by atoms with van der Waals surface area (Å²) in [6.45, 7) is 5.44. The molecular weight excluding hydrogens is 270 g/mol. The Morgan fingerprint density at radius 3 is 2.68 bits per heavy atom. The molecule has 0 bridgehead atoms. The number of imide groups is 1. The van der Waals surface area contributed by atoms with E-state index in [9.17, 15) is 14.4 Å². The molecule has 0 spiro atoms. The maximum atomic E-state index is 11.6. The van der Waals surface area contributed by atoms with Crippen molar-refractivity contribution in [1.82, 2.24) is 15.3 Å². The average molecular weight is 287 g/mol. The van der Waals surface area contributed by atoms with Crippen molar-refractivity contribution in [3.8, 4) is 0 Å². The Balaban J connectivity index is 2.67. The second-order valence-corrected chi connectivity index (χ2v) is 4.87. The number of nitrogens with one attached hydrogen (secondary N) is 1. The van der Waals surface area contributed by atoms with Gasteiger partial charge in [0.25, 0.3) is 0 Å². The lowest BCUT2D eigenvalue weighted by molar-refractivity contribution is -0.127. The van der Waals surface area contributed by atoms with Crippen LogP contribution in [0.1, 0.15) is 20.8 Å². The second-order valence-electron chi connectivity index (χ2n) is 3.89. The normalized spacial score (nSPS) is 15.4. The molecule has 19 heavy (non-hydrogen) atoms. The molecule has 0 radical (unpaired) electrons. The molecule has 106 valence electrons. The predicted molar refractivity (Wildman–Crippen MR) is 70.6 cm³/mol. The van der Waals surface area contributed by atoms with Crippen LogP contribution in [0.2, 0.25) is 0 Å². The number of hydrogen-bond acceptors (Lipinski definition) is 6. The van der Waals surface area contributed by atoms with Crippen LogP contribution in [0, 0.1) is 0 Å². The summed E-state index contributed by atoms with van der Waals surface area (Å²) in [5.74, 6) is -0.116. The van der Waals surface area contributed by atoms with Gasteiger partial charge in [0.2, 0.25) is 11.8 Å². The summed E-state index contributed by atoms with van der Waals surface area (Å²) in [7, 11) is 1.32. The average Bonchev–Trinajstić information content (AvgIpc) is 2.37. The van der Waals surface area contributed by atoms with Crippen molar-refractivity contribution >= 4 is 29.7 Å². The van der Waals surface area contributed by atoms with E-state index in [0.717, 1.165) is 4.90 Å². The molecule has 3 amide bonds. The van der Waals surface area contributed by atoms with E-state index < -0.39 is 12.0 Å². The van der Waals surface area contributed by atoms with Crippen LogP contribution >= 0.6 is 11.8 Å². The zero-order valence-corrected chi connectivity index (χ0v) is 12.2. The van der Waals surface area contributed by atoms with Crippen LogP contribution in [-0.2, 0) is 14.4 Å². The number of carbonyl (C=O) groups is 3. The minimum absolute atomic E-state index is 0.0164. The zero-order chi connectivity index (χ0) is 14.6. The van der Waals surface area contributed by atoms with E-state index in [1.165, 1.54) is 25.7 Å². The summed E-state index contributed by atoms with van der Waals surface area (Å²) < 4.78 is 0. The predicted octanol–water partition coefficient (Wildman–Crippen LogP) is 0.890. The van der Waals surface area contributed by atoms with Crippen LogP contribution in [0.15, 0.2) is 10.7 Å². The number of carbonyl (C=O) groups excluding carboxylic acids is 3. The number of hydroxylamine groups is 1. The van der Waals surface area contributed by atoms with Gasteiger partial charge in [-0.25, -0.2) is 15.2 Å². The minimum atomic E-state index is -0.798. The Hall–Kier alpha value is -1.70. The molecule has 1 N–H and O–H groups in total. The number of amides is 3. The SMILES string of the molecule is CCN1C(=O)CSC(NOC(=O)N(C)C(C)=O)=C1C. The molecule has 0 saturated heterocycles. The lowest BCUT2D eigenvalue weighted by atomic mass is 10.4. The van der Waals surface area contributed by atoms with Crippen LogP contribution in [0.5, 0.6) is 0 Å². The van der Waals surface area contributed by atoms with Crippen molar-refractivity contribution < 1.29 is 19.2 Å². The molecule has 0 atom stereocenters. The van der Waals surface area contributed by atoms with E-state index >= 15 is 0 Å². The van der Waals surface area contributed by atoms with Crippen molar-refractivity contribution in [1.29, 1.82) is 0 Å². The number of thioether (sulfide) groups is 1. The first-order chi connectivity index (χ1) is 8.88. The molecule has 1 rings (SSSR count). The molecule has 1 aliphatic heterocycles. The molecule has 0 aliphatic carbocycles. The van der Waals surface area contributed by atoms with Crippen molar-refractivity contribution in [2.75, 3.05) is 19.3 Å². The highest BCUT2D eigenvalue weighted by Crippen LogP contribution is 2.25. The fraction of sp³-hybridized carbons (Fsp3) is 0.545. The van der Waals surface area contributed by atoms with E-state index in [0.29, 0.717) is 17.3 Å². The smallest absolute Gasteiger partial charge is 0.323 e. The Bertz CT molecular complexity index is 436. The van der Waals surface area contributed by atoms with Gasteiger partial charge in [0.05, 0.1) is 11.4 Å². The summed E-state index contributed by atoms with van der Waals surface area (Å²) in [6, 6.07) is 0. The Morgan fingerprint density at radius 2 is 2.16 bits per heavy atom. The number of rotatable bonds is 3. The van der Waals surface area contributed by atoms with Gasteiger partial charge in [-0.1, -0.05) is 11.8 Å². The Labute approximate surface area is 115 Å². The van der Waals surface area contributed by atoms with Crippen molar-refractivity contribution in [3.05, 3.63) is 10.7 Å². The fourth-order valence-corrected chi connectivity index (χ4v) is 2.27. The maximum absolute atomic E-state index is 11.6. The molecular formula is C11H17N3O4S. The molecule has 1 aliphatic rings. The van der Waals surface area contributed by atoms with Gasteiger partial charge >= 0.3 is 6.09 Å². The molecule has 0 fully saturated rings. The van der Waals surface area contributed by atoms with Crippen LogP contribution in [-0.4, -0.2) is 47.1 Å². The second kappa shape index (κ2) is 6.46. The standard InChI is InChI=1S/C11H17N3O4S/c1-5-14-7(2)10(19-6-9(14)16)12-18-11(17)13(4)8(3)15/h12H,5-6H2,1-4H3. The van der Waals surface area contributed by atoms with E-state index in [-0.39, 0.29) is 11.7 Å². The number of hydrogen-bond donors (Lipinski definition) is 1. The summed E-state index contributed by atoms with van der Waals surface area (Å²) in [5.41, 5.74) is 3.19. The van der Waals surface area contributed by atoms with Gasteiger partial charge in [-0.2, -0.15) is 0 Å². The highest BCUT2D eigenvalue weighted by atomic mass is 32.2. The monoisotopic (exact) mass is 287 g/mol. The third-order valence-electron chi connectivity index (χ3n) is 2.67.